The van der Waals surface area contributed by atoms with E-state index in [0.717, 1.165) is 24.1 Å². The minimum atomic E-state index is -4.50. The second kappa shape index (κ2) is 7.21. The van der Waals surface area contributed by atoms with Crippen molar-refractivity contribution in [2.24, 2.45) is 0 Å². The molecule has 0 saturated carbocycles. The Balaban J connectivity index is 1.81. The van der Waals surface area contributed by atoms with Gasteiger partial charge in [0.05, 0.1) is 5.56 Å². The van der Waals surface area contributed by atoms with Gasteiger partial charge in [-0.3, -0.25) is 4.79 Å². The molecule has 8 heteroatoms. The van der Waals surface area contributed by atoms with Crippen LogP contribution < -0.4 is 5.32 Å². The molecule has 0 unspecified atom stereocenters. The van der Waals surface area contributed by atoms with Crippen LogP contribution in [-0.4, -0.2) is 10.9 Å². The number of oxazole rings is 1. The third-order valence-corrected chi connectivity index (χ3v) is 3.81. The molecule has 0 aliphatic rings. The van der Waals surface area contributed by atoms with Gasteiger partial charge in [-0.2, -0.15) is 13.2 Å². The van der Waals surface area contributed by atoms with Gasteiger partial charge >= 0.3 is 6.18 Å². The summed E-state index contributed by atoms with van der Waals surface area (Å²) in [7, 11) is 0. The van der Waals surface area contributed by atoms with Gasteiger partial charge in [0.1, 0.15) is 0 Å². The maximum absolute atomic E-state index is 12.9. The second-order valence-corrected chi connectivity index (χ2v) is 5.86. The molecule has 0 bridgehead atoms. The van der Waals surface area contributed by atoms with Crippen LogP contribution in [0.15, 0.2) is 59.3 Å². The Morgan fingerprint density at radius 2 is 1.92 bits per heavy atom. The summed E-state index contributed by atoms with van der Waals surface area (Å²) in [5.74, 6) is -0.592. The van der Waals surface area contributed by atoms with Gasteiger partial charge in [0.2, 0.25) is 0 Å². The topological polar surface area (TPSA) is 55.1 Å². The molecule has 0 atom stereocenters. The maximum atomic E-state index is 12.9. The summed E-state index contributed by atoms with van der Waals surface area (Å²) in [6.07, 6.45) is -3.48. The Morgan fingerprint density at radius 3 is 2.65 bits per heavy atom. The van der Waals surface area contributed by atoms with Crippen molar-refractivity contribution < 1.29 is 22.4 Å². The molecule has 134 valence electrons. The summed E-state index contributed by atoms with van der Waals surface area (Å²) in [6.45, 7) is 0.189. The van der Waals surface area contributed by atoms with Crippen LogP contribution in [0.3, 0.4) is 0 Å². The molecule has 1 heterocycles. The number of carbonyl (C=O) groups excluding carboxylic acids is 1. The quantitative estimate of drug-likeness (QED) is 0.697. The fraction of sp³-hybridized carbons (Fsp3) is 0.111. The van der Waals surface area contributed by atoms with Gasteiger partial charge in [0.15, 0.2) is 17.8 Å². The van der Waals surface area contributed by atoms with Crippen molar-refractivity contribution in [1.82, 2.24) is 10.3 Å². The molecule has 2 aromatic carbocycles. The predicted octanol–water partition coefficient (Wildman–Crippen LogP) is 4.94. The number of nitrogens with zero attached hydrogens (tertiary/aromatic N) is 1. The first kappa shape index (κ1) is 18.0. The summed E-state index contributed by atoms with van der Waals surface area (Å²) in [4.78, 5) is 16.2. The van der Waals surface area contributed by atoms with Crippen molar-refractivity contribution in [3.63, 3.8) is 0 Å². The van der Waals surface area contributed by atoms with E-state index in [0.29, 0.717) is 5.02 Å². The van der Waals surface area contributed by atoms with Crippen LogP contribution in [0.25, 0.3) is 11.3 Å². The monoisotopic (exact) mass is 380 g/mol. The number of nitrogens with one attached hydrogen (secondary N) is 1. The minimum absolute atomic E-state index is 0.0281. The van der Waals surface area contributed by atoms with E-state index >= 15 is 0 Å². The number of benzene rings is 2. The lowest BCUT2D eigenvalue weighted by Gasteiger charge is -2.08. The standard InChI is InChI=1S/C18H12ClF3N2O2/c19-14-6-1-3-11(7-14)9-23-17(25)15-16(26-10-24-15)12-4-2-5-13(8-12)18(20,21)22/h1-8,10H,9H2,(H,23,25). The van der Waals surface area contributed by atoms with Crippen LogP contribution in [0.2, 0.25) is 5.02 Å². The number of halogens is 4. The van der Waals surface area contributed by atoms with E-state index in [1.54, 1.807) is 24.3 Å². The number of alkyl halides is 3. The minimum Gasteiger partial charge on any atom is -0.443 e. The van der Waals surface area contributed by atoms with Crippen LogP contribution in [0.4, 0.5) is 13.2 Å². The van der Waals surface area contributed by atoms with E-state index in [2.05, 4.69) is 10.3 Å². The molecule has 1 amide bonds. The highest BCUT2D eigenvalue weighted by molar-refractivity contribution is 6.30. The molecular formula is C18H12ClF3N2O2. The molecule has 26 heavy (non-hydrogen) atoms. The van der Waals surface area contributed by atoms with Crippen molar-refractivity contribution in [3.8, 4) is 11.3 Å². The molecule has 1 N–H and O–H groups in total. The van der Waals surface area contributed by atoms with Crippen LogP contribution in [0, 0.1) is 0 Å². The molecule has 0 radical (unpaired) electrons. The first-order chi connectivity index (χ1) is 12.3. The van der Waals surface area contributed by atoms with Crippen LogP contribution in [0.5, 0.6) is 0 Å². The smallest absolute Gasteiger partial charge is 0.416 e. The largest absolute Gasteiger partial charge is 0.443 e. The van der Waals surface area contributed by atoms with E-state index < -0.39 is 17.6 Å². The Hall–Kier alpha value is -2.80. The number of hydrogen-bond acceptors (Lipinski definition) is 3. The molecule has 0 aliphatic heterocycles. The fourth-order valence-electron chi connectivity index (χ4n) is 2.36. The highest BCUT2D eigenvalue weighted by Crippen LogP contribution is 2.33. The van der Waals surface area contributed by atoms with Crippen LogP contribution >= 0.6 is 11.6 Å². The SMILES string of the molecule is O=C(NCc1cccc(Cl)c1)c1ncoc1-c1cccc(C(F)(F)F)c1. The summed E-state index contributed by atoms with van der Waals surface area (Å²) in [6, 6.07) is 11.4. The van der Waals surface area contributed by atoms with E-state index in [1.807, 2.05) is 0 Å². The molecule has 4 nitrogen and oxygen atoms in total. The lowest BCUT2D eigenvalue weighted by atomic mass is 10.1. The van der Waals surface area contributed by atoms with Gasteiger partial charge in [-0.1, -0.05) is 35.9 Å². The van der Waals surface area contributed by atoms with Crippen molar-refractivity contribution in [1.29, 1.82) is 0 Å². The lowest BCUT2D eigenvalue weighted by molar-refractivity contribution is -0.137. The first-order valence-electron chi connectivity index (χ1n) is 7.48. The zero-order chi connectivity index (χ0) is 18.7. The molecule has 0 aliphatic carbocycles. The molecule has 3 aromatic rings. The third-order valence-electron chi connectivity index (χ3n) is 3.58. The number of amides is 1. The van der Waals surface area contributed by atoms with Gasteiger partial charge in [-0.05, 0) is 29.8 Å². The van der Waals surface area contributed by atoms with Crippen molar-refractivity contribution in [2.45, 2.75) is 12.7 Å². The van der Waals surface area contributed by atoms with E-state index in [4.69, 9.17) is 16.0 Å². The number of aromatic nitrogens is 1. The third kappa shape index (κ3) is 4.05. The maximum Gasteiger partial charge on any atom is 0.416 e. The van der Waals surface area contributed by atoms with Crippen molar-refractivity contribution >= 4 is 17.5 Å². The second-order valence-electron chi connectivity index (χ2n) is 5.42. The Bertz CT molecular complexity index is 938. The van der Waals surface area contributed by atoms with E-state index in [-0.39, 0.29) is 23.6 Å². The summed E-state index contributed by atoms with van der Waals surface area (Å²) in [5.41, 5.74) is -0.0387. The Morgan fingerprint density at radius 1 is 1.15 bits per heavy atom. The summed E-state index contributed by atoms with van der Waals surface area (Å²) in [5, 5.41) is 3.17. The van der Waals surface area contributed by atoms with Gasteiger partial charge in [-0.25, -0.2) is 4.98 Å². The van der Waals surface area contributed by atoms with Gasteiger partial charge in [0, 0.05) is 17.1 Å². The number of hydrogen-bond donors (Lipinski definition) is 1. The molecule has 0 fully saturated rings. The summed E-state index contributed by atoms with van der Waals surface area (Å²) < 4.78 is 43.8. The van der Waals surface area contributed by atoms with Crippen LogP contribution in [0.1, 0.15) is 21.6 Å². The van der Waals surface area contributed by atoms with E-state index in [9.17, 15) is 18.0 Å². The van der Waals surface area contributed by atoms with Crippen molar-refractivity contribution in [3.05, 3.63) is 76.8 Å². The normalized spacial score (nSPS) is 11.4. The van der Waals surface area contributed by atoms with Crippen LogP contribution in [-0.2, 0) is 12.7 Å². The van der Waals surface area contributed by atoms with E-state index in [1.165, 1.54) is 12.1 Å². The predicted molar refractivity (Wildman–Crippen MR) is 89.6 cm³/mol. The first-order valence-corrected chi connectivity index (χ1v) is 7.86. The number of carbonyl (C=O) groups is 1. The zero-order valence-electron chi connectivity index (χ0n) is 13.2. The lowest BCUT2D eigenvalue weighted by Crippen LogP contribution is -2.23. The molecule has 3 rings (SSSR count). The van der Waals surface area contributed by atoms with Gasteiger partial charge < -0.3 is 9.73 Å². The Labute approximate surface area is 151 Å². The highest BCUT2D eigenvalue weighted by Gasteiger charge is 2.31. The number of rotatable bonds is 4. The van der Waals surface area contributed by atoms with Crippen molar-refractivity contribution in [2.75, 3.05) is 0 Å². The fourth-order valence-corrected chi connectivity index (χ4v) is 2.58. The average Bonchev–Trinajstić information content (AvgIpc) is 3.09. The molecular weight excluding hydrogens is 369 g/mol. The zero-order valence-corrected chi connectivity index (χ0v) is 13.9. The molecule has 0 saturated heterocycles. The van der Waals surface area contributed by atoms with Gasteiger partial charge in [0.25, 0.3) is 5.91 Å². The average molecular weight is 381 g/mol. The Kier molecular flexibility index (Phi) is 4.99. The molecule has 1 aromatic heterocycles. The highest BCUT2D eigenvalue weighted by atomic mass is 35.5. The summed E-state index contributed by atoms with van der Waals surface area (Å²) >= 11 is 5.88. The van der Waals surface area contributed by atoms with Gasteiger partial charge in [-0.15, -0.1) is 0 Å². The molecule has 0 spiro atoms.